The molecule has 0 atom stereocenters. The first-order valence-corrected chi connectivity index (χ1v) is 8.73. The highest BCUT2D eigenvalue weighted by molar-refractivity contribution is 6.33. The van der Waals surface area contributed by atoms with Crippen molar-refractivity contribution in [1.82, 2.24) is 14.9 Å². The third-order valence-corrected chi connectivity index (χ3v) is 4.49. The van der Waals surface area contributed by atoms with Crippen LogP contribution in [-0.2, 0) is 6.54 Å². The number of carbonyl (C=O) groups excluding carboxylic acids is 1. The zero-order valence-corrected chi connectivity index (χ0v) is 14.9. The summed E-state index contributed by atoms with van der Waals surface area (Å²) in [5.41, 5.74) is 1.51. The molecule has 0 aromatic carbocycles. The number of nitrogens with one attached hydrogen (secondary N) is 1. The Labute approximate surface area is 152 Å². The maximum Gasteiger partial charge on any atom is 0.255 e. The van der Waals surface area contributed by atoms with E-state index in [0.717, 1.165) is 31.5 Å². The topological polar surface area (TPSA) is 67.3 Å². The van der Waals surface area contributed by atoms with Crippen LogP contribution in [-0.4, -0.2) is 41.0 Å². The predicted octanol–water partition coefficient (Wildman–Crippen LogP) is 3.38. The van der Waals surface area contributed by atoms with Crippen LogP contribution in [0.15, 0.2) is 30.6 Å². The van der Waals surface area contributed by atoms with Gasteiger partial charge in [0.25, 0.3) is 5.91 Å². The Bertz CT molecular complexity index is 730. The number of likely N-dealkylation sites (tertiary alicyclic amines) is 1. The summed E-state index contributed by atoms with van der Waals surface area (Å²) in [4.78, 5) is 22.8. The van der Waals surface area contributed by atoms with Gasteiger partial charge in [0.1, 0.15) is 5.82 Å². The molecule has 1 fully saturated rings. The Morgan fingerprint density at radius 2 is 2.04 bits per heavy atom. The van der Waals surface area contributed by atoms with Gasteiger partial charge in [0.2, 0.25) is 5.88 Å². The van der Waals surface area contributed by atoms with Crippen molar-refractivity contribution in [2.45, 2.75) is 25.8 Å². The van der Waals surface area contributed by atoms with E-state index in [2.05, 4.69) is 15.3 Å². The number of halogens is 1. The van der Waals surface area contributed by atoms with E-state index in [-0.39, 0.29) is 5.91 Å². The van der Waals surface area contributed by atoms with Gasteiger partial charge < -0.3 is 15.0 Å². The third-order valence-electron chi connectivity index (χ3n) is 4.20. The zero-order valence-electron chi connectivity index (χ0n) is 14.2. The first kappa shape index (κ1) is 17.5. The lowest BCUT2D eigenvalue weighted by molar-refractivity contribution is 0.0724. The van der Waals surface area contributed by atoms with E-state index in [9.17, 15) is 4.79 Å². The number of rotatable bonds is 5. The molecule has 1 N–H and O–H groups in total. The maximum atomic E-state index is 12.5. The fourth-order valence-electron chi connectivity index (χ4n) is 2.79. The molecule has 3 rings (SSSR count). The molecule has 0 saturated carbocycles. The lowest BCUT2D eigenvalue weighted by atomic mass is 10.1. The lowest BCUT2D eigenvalue weighted by Gasteiger charge is -2.26. The molecular formula is C18H21ClN4O2. The van der Waals surface area contributed by atoms with Crippen LogP contribution in [0.4, 0.5) is 5.82 Å². The molecular weight excluding hydrogens is 340 g/mol. The van der Waals surface area contributed by atoms with E-state index in [1.54, 1.807) is 31.6 Å². The van der Waals surface area contributed by atoms with Crippen molar-refractivity contribution in [2.24, 2.45) is 0 Å². The molecule has 6 nitrogen and oxygen atoms in total. The van der Waals surface area contributed by atoms with Gasteiger partial charge in [-0.05, 0) is 30.9 Å². The summed E-state index contributed by atoms with van der Waals surface area (Å²) in [5, 5.41) is 3.60. The standard InChI is InChI=1S/C18H21ClN4O2/c1-25-16-6-5-13(10-20-16)11-21-17-15(19)9-14(12-22-17)18(24)23-7-3-2-4-8-23/h5-6,9-10,12H,2-4,7-8,11H2,1H3,(H,21,22). The minimum absolute atomic E-state index is 0.00000408. The molecule has 1 saturated heterocycles. The first-order valence-electron chi connectivity index (χ1n) is 8.35. The number of ether oxygens (including phenoxy) is 1. The number of pyridine rings is 2. The fraction of sp³-hybridized carbons (Fsp3) is 0.389. The molecule has 7 heteroatoms. The molecule has 3 heterocycles. The monoisotopic (exact) mass is 360 g/mol. The molecule has 0 radical (unpaired) electrons. The van der Waals surface area contributed by atoms with Crippen LogP contribution in [0.3, 0.4) is 0 Å². The summed E-state index contributed by atoms with van der Waals surface area (Å²) in [7, 11) is 1.58. The number of anilines is 1. The molecule has 0 unspecified atom stereocenters. The lowest BCUT2D eigenvalue weighted by Crippen LogP contribution is -2.35. The van der Waals surface area contributed by atoms with Crippen LogP contribution in [0.25, 0.3) is 0 Å². The van der Waals surface area contributed by atoms with Crippen LogP contribution >= 0.6 is 11.6 Å². The number of carbonyl (C=O) groups is 1. The van der Waals surface area contributed by atoms with Crippen molar-refractivity contribution < 1.29 is 9.53 Å². The van der Waals surface area contributed by atoms with Crippen LogP contribution in [0, 0.1) is 0 Å². The number of nitrogens with zero attached hydrogens (tertiary/aromatic N) is 3. The van der Waals surface area contributed by atoms with E-state index in [0.29, 0.717) is 28.8 Å². The van der Waals surface area contributed by atoms with Gasteiger partial charge in [0.15, 0.2) is 0 Å². The second kappa shape index (κ2) is 8.16. The Morgan fingerprint density at radius 1 is 1.24 bits per heavy atom. The Kier molecular flexibility index (Phi) is 5.71. The molecule has 2 aromatic rings. The summed E-state index contributed by atoms with van der Waals surface area (Å²) >= 11 is 6.29. The van der Waals surface area contributed by atoms with Crippen molar-refractivity contribution in [2.75, 3.05) is 25.5 Å². The van der Waals surface area contributed by atoms with Gasteiger partial charge in [0, 0.05) is 38.1 Å². The number of aromatic nitrogens is 2. The van der Waals surface area contributed by atoms with Gasteiger partial charge in [-0.15, -0.1) is 0 Å². The van der Waals surface area contributed by atoms with Crippen molar-refractivity contribution >= 4 is 23.3 Å². The first-order chi connectivity index (χ1) is 12.2. The van der Waals surface area contributed by atoms with Crippen molar-refractivity contribution in [3.8, 4) is 5.88 Å². The minimum Gasteiger partial charge on any atom is -0.481 e. The quantitative estimate of drug-likeness (QED) is 0.885. The Morgan fingerprint density at radius 3 is 2.68 bits per heavy atom. The molecule has 0 spiro atoms. The average Bonchev–Trinajstić information content (AvgIpc) is 2.67. The van der Waals surface area contributed by atoms with E-state index in [1.165, 1.54) is 6.42 Å². The van der Waals surface area contributed by atoms with Gasteiger partial charge in [-0.1, -0.05) is 17.7 Å². The molecule has 0 bridgehead atoms. The number of hydrogen-bond acceptors (Lipinski definition) is 5. The van der Waals surface area contributed by atoms with Crippen molar-refractivity contribution in [1.29, 1.82) is 0 Å². The second-order valence-electron chi connectivity index (χ2n) is 5.97. The highest BCUT2D eigenvalue weighted by Gasteiger charge is 2.19. The third kappa shape index (κ3) is 4.39. The summed E-state index contributed by atoms with van der Waals surface area (Å²) in [5.74, 6) is 1.12. The van der Waals surface area contributed by atoms with Gasteiger partial charge in [-0.3, -0.25) is 4.79 Å². The van der Waals surface area contributed by atoms with Crippen molar-refractivity contribution in [3.05, 3.63) is 46.7 Å². The highest BCUT2D eigenvalue weighted by Crippen LogP contribution is 2.22. The molecule has 0 aliphatic carbocycles. The molecule has 2 aromatic heterocycles. The summed E-state index contributed by atoms with van der Waals surface area (Å²) in [6.45, 7) is 2.14. The summed E-state index contributed by atoms with van der Waals surface area (Å²) in [6, 6.07) is 5.40. The SMILES string of the molecule is COc1ccc(CNc2ncc(C(=O)N3CCCCC3)cc2Cl)cn1. The Balaban J connectivity index is 1.63. The number of hydrogen-bond donors (Lipinski definition) is 1. The van der Waals surface area contributed by atoms with Gasteiger partial charge in [-0.25, -0.2) is 9.97 Å². The Hall–Kier alpha value is -2.34. The van der Waals surface area contributed by atoms with Gasteiger partial charge >= 0.3 is 0 Å². The smallest absolute Gasteiger partial charge is 0.255 e. The fourth-order valence-corrected chi connectivity index (χ4v) is 3.02. The molecule has 1 aliphatic heterocycles. The maximum absolute atomic E-state index is 12.5. The number of piperidine rings is 1. The molecule has 25 heavy (non-hydrogen) atoms. The zero-order chi connectivity index (χ0) is 17.6. The van der Waals surface area contributed by atoms with Crippen LogP contribution in [0.5, 0.6) is 5.88 Å². The van der Waals surface area contributed by atoms with Crippen LogP contribution in [0.2, 0.25) is 5.02 Å². The summed E-state index contributed by atoms with van der Waals surface area (Å²) in [6.07, 6.45) is 6.61. The molecule has 132 valence electrons. The average molecular weight is 361 g/mol. The summed E-state index contributed by atoms with van der Waals surface area (Å²) < 4.78 is 5.04. The van der Waals surface area contributed by atoms with Gasteiger partial charge in [0.05, 0.1) is 17.7 Å². The van der Waals surface area contributed by atoms with Crippen LogP contribution < -0.4 is 10.1 Å². The molecule has 1 aliphatic rings. The highest BCUT2D eigenvalue weighted by atomic mass is 35.5. The minimum atomic E-state index is 0.00000408. The van der Waals surface area contributed by atoms with Crippen LogP contribution in [0.1, 0.15) is 35.2 Å². The normalized spacial score (nSPS) is 14.2. The largest absolute Gasteiger partial charge is 0.481 e. The van der Waals surface area contributed by atoms with E-state index >= 15 is 0 Å². The van der Waals surface area contributed by atoms with E-state index in [4.69, 9.17) is 16.3 Å². The number of amides is 1. The second-order valence-corrected chi connectivity index (χ2v) is 6.38. The van der Waals surface area contributed by atoms with Gasteiger partial charge in [-0.2, -0.15) is 0 Å². The molecule has 1 amide bonds. The van der Waals surface area contributed by atoms with Crippen molar-refractivity contribution in [3.63, 3.8) is 0 Å². The van der Waals surface area contributed by atoms with E-state index < -0.39 is 0 Å². The van der Waals surface area contributed by atoms with E-state index in [1.807, 2.05) is 11.0 Å². The number of methoxy groups -OCH3 is 1. The predicted molar refractivity (Wildman–Crippen MR) is 97.1 cm³/mol.